The lowest BCUT2D eigenvalue weighted by atomic mass is 9.97. The van der Waals surface area contributed by atoms with Crippen molar-refractivity contribution in [2.45, 2.75) is 32.6 Å². The van der Waals surface area contributed by atoms with E-state index < -0.39 is 11.7 Å². The van der Waals surface area contributed by atoms with Crippen LogP contribution in [0.2, 0.25) is 0 Å². The zero-order valence-corrected chi connectivity index (χ0v) is 19.8. The number of fused-ring (bicyclic) bond motifs is 1. The average Bonchev–Trinajstić information content (AvgIpc) is 2.79. The molecule has 0 saturated carbocycles. The molecule has 2 aromatic carbocycles. The Labute approximate surface area is 198 Å². The van der Waals surface area contributed by atoms with Gasteiger partial charge in [0.05, 0.1) is 18.5 Å². The van der Waals surface area contributed by atoms with Crippen molar-refractivity contribution in [3.63, 3.8) is 0 Å². The van der Waals surface area contributed by atoms with Gasteiger partial charge in [-0.1, -0.05) is 30.3 Å². The van der Waals surface area contributed by atoms with Crippen LogP contribution in [0.25, 0.3) is 0 Å². The van der Waals surface area contributed by atoms with E-state index in [1.54, 1.807) is 11.0 Å². The minimum absolute atomic E-state index is 0.0574. The summed E-state index contributed by atoms with van der Waals surface area (Å²) in [6.45, 7) is 3.61. The summed E-state index contributed by atoms with van der Waals surface area (Å²) in [5.74, 6) is -0.225. The van der Waals surface area contributed by atoms with Gasteiger partial charge in [-0.3, -0.25) is 9.59 Å². The Morgan fingerprint density at radius 2 is 1.82 bits per heavy atom. The second-order valence-electron chi connectivity index (χ2n) is 8.65. The van der Waals surface area contributed by atoms with E-state index in [9.17, 15) is 22.8 Å². The third kappa shape index (κ3) is 6.28. The van der Waals surface area contributed by atoms with Crippen molar-refractivity contribution in [3.8, 4) is 0 Å². The van der Waals surface area contributed by atoms with Crippen molar-refractivity contribution in [2.75, 3.05) is 45.6 Å². The number of hydrogen-bond donors (Lipinski definition) is 1. The van der Waals surface area contributed by atoms with E-state index in [2.05, 4.69) is 5.32 Å². The molecule has 0 aromatic heterocycles. The molecule has 9 heteroatoms. The van der Waals surface area contributed by atoms with E-state index in [0.717, 1.165) is 22.9 Å². The fourth-order valence-corrected chi connectivity index (χ4v) is 4.03. The Morgan fingerprint density at radius 3 is 2.50 bits per heavy atom. The molecule has 0 bridgehead atoms. The van der Waals surface area contributed by atoms with E-state index in [0.29, 0.717) is 32.6 Å². The molecule has 0 unspecified atom stereocenters. The first-order valence-electron chi connectivity index (χ1n) is 11.3. The second-order valence-corrected chi connectivity index (χ2v) is 8.65. The van der Waals surface area contributed by atoms with Crippen LogP contribution in [0, 0.1) is 0 Å². The number of likely N-dealkylation sites (N-methyl/N-ethyl adjacent to an activating group) is 2. The molecule has 2 aromatic rings. The Morgan fingerprint density at radius 1 is 1.09 bits per heavy atom. The van der Waals surface area contributed by atoms with Gasteiger partial charge in [0.2, 0.25) is 11.8 Å². The van der Waals surface area contributed by atoms with Gasteiger partial charge in [0.25, 0.3) is 0 Å². The molecule has 0 saturated heterocycles. The molecular weight excluding hydrogens is 445 g/mol. The smallest absolute Gasteiger partial charge is 0.376 e. The minimum Gasteiger partial charge on any atom is -0.376 e. The number of alkyl halides is 3. The summed E-state index contributed by atoms with van der Waals surface area (Å²) in [7, 11) is 3.70. The van der Waals surface area contributed by atoms with Gasteiger partial charge in [-0.2, -0.15) is 13.2 Å². The molecule has 2 amide bonds. The van der Waals surface area contributed by atoms with Crippen molar-refractivity contribution >= 4 is 17.5 Å². The molecule has 6 nitrogen and oxygen atoms in total. The summed E-state index contributed by atoms with van der Waals surface area (Å²) in [6.07, 6.45) is -4.17. The second kappa shape index (κ2) is 10.9. The molecule has 1 aliphatic rings. The summed E-state index contributed by atoms with van der Waals surface area (Å²) in [6, 6.07) is 11.0. The van der Waals surface area contributed by atoms with Gasteiger partial charge in [0.15, 0.2) is 0 Å². The predicted molar refractivity (Wildman–Crippen MR) is 125 cm³/mol. The molecule has 3 rings (SSSR count). The quantitative estimate of drug-likeness (QED) is 0.601. The van der Waals surface area contributed by atoms with Crippen LogP contribution < -0.4 is 5.32 Å². The van der Waals surface area contributed by atoms with Crippen molar-refractivity contribution in [1.82, 2.24) is 14.7 Å². The minimum atomic E-state index is -4.49. The van der Waals surface area contributed by atoms with Gasteiger partial charge in [-0.25, -0.2) is 0 Å². The average molecular weight is 477 g/mol. The van der Waals surface area contributed by atoms with Crippen LogP contribution in [0.1, 0.15) is 29.2 Å². The number of benzene rings is 2. The Hall–Kier alpha value is -3.07. The lowest BCUT2D eigenvalue weighted by Gasteiger charge is -2.30. The standard InChI is InChI=1S/C25H31F3N4O2/c1-4-31-17-20-18(14-23(31)33)9-7-11-22(20)29-15-24(34)32(13-12-30(2)3)16-19-8-5-6-10-21(19)25(26,27)28/h5-11,29H,4,12-17H2,1-3H3. The Balaban J connectivity index is 1.77. The molecular formula is C25H31F3N4O2. The molecule has 0 atom stereocenters. The van der Waals surface area contributed by atoms with E-state index in [1.165, 1.54) is 17.0 Å². The van der Waals surface area contributed by atoms with E-state index in [1.807, 2.05) is 44.1 Å². The fourth-order valence-electron chi connectivity index (χ4n) is 4.03. The van der Waals surface area contributed by atoms with Crippen LogP contribution in [0.15, 0.2) is 42.5 Å². The topological polar surface area (TPSA) is 55.9 Å². The summed E-state index contributed by atoms with van der Waals surface area (Å²) < 4.78 is 40.4. The number of halogens is 3. The molecule has 1 aliphatic heterocycles. The molecule has 0 fully saturated rings. The van der Waals surface area contributed by atoms with Gasteiger partial charge >= 0.3 is 6.18 Å². The van der Waals surface area contributed by atoms with Crippen molar-refractivity contribution in [1.29, 1.82) is 0 Å². The monoisotopic (exact) mass is 476 g/mol. The maximum Gasteiger partial charge on any atom is 0.416 e. The normalized spacial score (nSPS) is 13.7. The fraction of sp³-hybridized carbons (Fsp3) is 0.440. The number of nitrogens with one attached hydrogen (secondary N) is 1. The highest BCUT2D eigenvalue weighted by Gasteiger charge is 2.33. The number of amides is 2. The third-order valence-corrected chi connectivity index (χ3v) is 5.98. The van der Waals surface area contributed by atoms with E-state index in [4.69, 9.17) is 0 Å². The van der Waals surface area contributed by atoms with Crippen molar-refractivity contribution in [3.05, 3.63) is 64.7 Å². The lowest BCUT2D eigenvalue weighted by Crippen LogP contribution is -2.40. The number of anilines is 1. The van der Waals surface area contributed by atoms with Gasteiger partial charge in [-0.05, 0) is 49.8 Å². The summed E-state index contributed by atoms with van der Waals surface area (Å²) in [5.41, 5.74) is 2.00. The highest BCUT2D eigenvalue weighted by Crippen LogP contribution is 2.32. The molecule has 184 valence electrons. The molecule has 1 N–H and O–H groups in total. The first-order chi connectivity index (χ1) is 16.1. The van der Waals surface area contributed by atoms with Crippen LogP contribution in [0.4, 0.5) is 18.9 Å². The van der Waals surface area contributed by atoms with E-state index >= 15 is 0 Å². The SMILES string of the molecule is CCN1Cc2c(cccc2NCC(=O)N(CCN(C)C)Cc2ccccc2C(F)(F)F)CC1=O. The van der Waals surface area contributed by atoms with Crippen LogP contribution >= 0.6 is 0 Å². The van der Waals surface area contributed by atoms with Gasteiger partial charge in [-0.15, -0.1) is 0 Å². The summed E-state index contributed by atoms with van der Waals surface area (Å²) in [4.78, 5) is 30.4. The van der Waals surface area contributed by atoms with Gasteiger partial charge in [0, 0.05) is 38.4 Å². The highest BCUT2D eigenvalue weighted by molar-refractivity contribution is 5.84. The summed E-state index contributed by atoms with van der Waals surface area (Å²) >= 11 is 0. The largest absolute Gasteiger partial charge is 0.416 e. The first kappa shape index (κ1) is 25.6. The maximum atomic E-state index is 13.5. The van der Waals surface area contributed by atoms with E-state index in [-0.39, 0.29) is 30.5 Å². The van der Waals surface area contributed by atoms with Crippen LogP contribution in [-0.4, -0.2) is 66.8 Å². The molecule has 0 radical (unpaired) electrons. The third-order valence-electron chi connectivity index (χ3n) is 5.98. The van der Waals surface area contributed by atoms with Crippen LogP contribution in [-0.2, 0) is 35.3 Å². The summed E-state index contributed by atoms with van der Waals surface area (Å²) in [5, 5.41) is 3.17. The van der Waals surface area contributed by atoms with Gasteiger partial charge in [0.1, 0.15) is 0 Å². The first-order valence-corrected chi connectivity index (χ1v) is 11.3. The zero-order valence-electron chi connectivity index (χ0n) is 19.8. The maximum absolute atomic E-state index is 13.5. The lowest BCUT2D eigenvalue weighted by molar-refractivity contribution is -0.139. The number of nitrogens with zero attached hydrogens (tertiary/aromatic N) is 3. The predicted octanol–water partition coefficient (Wildman–Crippen LogP) is 3.61. The number of carbonyl (C=O) groups excluding carboxylic acids is 2. The Kier molecular flexibility index (Phi) is 8.19. The van der Waals surface area contributed by atoms with Crippen LogP contribution in [0.5, 0.6) is 0 Å². The van der Waals surface area contributed by atoms with Crippen molar-refractivity contribution in [2.24, 2.45) is 0 Å². The zero-order chi connectivity index (χ0) is 24.9. The van der Waals surface area contributed by atoms with Crippen molar-refractivity contribution < 1.29 is 22.8 Å². The van der Waals surface area contributed by atoms with Gasteiger partial charge < -0.3 is 20.0 Å². The molecule has 34 heavy (non-hydrogen) atoms. The molecule has 1 heterocycles. The molecule has 0 aliphatic carbocycles. The Bertz CT molecular complexity index is 1020. The highest BCUT2D eigenvalue weighted by atomic mass is 19.4. The molecule has 0 spiro atoms. The number of hydrogen-bond acceptors (Lipinski definition) is 4. The number of rotatable bonds is 9. The number of carbonyl (C=O) groups is 2. The van der Waals surface area contributed by atoms with Crippen LogP contribution in [0.3, 0.4) is 0 Å².